The van der Waals surface area contributed by atoms with Crippen LogP contribution in [-0.2, 0) is 12.8 Å². The summed E-state index contributed by atoms with van der Waals surface area (Å²) in [6, 6.07) is 11.5. The van der Waals surface area contributed by atoms with Crippen molar-refractivity contribution < 1.29 is 4.74 Å². The zero-order valence-corrected chi connectivity index (χ0v) is 13.6. The molecule has 1 aromatic carbocycles. The molecule has 1 aliphatic heterocycles. The molecule has 1 unspecified atom stereocenters. The van der Waals surface area contributed by atoms with Crippen molar-refractivity contribution in [2.24, 2.45) is 0 Å². The summed E-state index contributed by atoms with van der Waals surface area (Å²) >= 11 is 1.93. The normalized spacial score (nSPS) is 14.8. The van der Waals surface area contributed by atoms with Crippen LogP contribution in [0.3, 0.4) is 0 Å². The van der Waals surface area contributed by atoms with Gasteiger partial charge < -0.3 is 10.1 Å². The Balaban J connectivity index is 1.91. The van der Waals surface area contributed by atoms with Crippen LogP contribution in [0.4, 0.5) is 0 Å². The monoisotopic (exact) mass is 301 g/mol. The smallest absolute Gasteiger partial charge is 0.122 e. The molecule has 0 saturated heterocycles. The third kappa shape index (κ3) is 3.14. The van der Waals surface area contributed by atoms with Crippen LogP contribution < -0.4 is 10.1 Å². The molecular formula is C18H23NOS. The molecule has 1 N–H and O–H groups in total. The van der Waals surface area contributed by atoms with Crippen LogP contribution in [0, 0.1) is 0 Å². The minimum absolute atomic E-state index is 0.307. The van der Waals surface area contributed by atoms with Crippen molar-refractivity contribution in [3.05, 3.63) is 51.2 Å². The molecular weight excluding hydrogens is 278 g/mol. The Morgan fingerprint density at radius 2 is 2.14 bits per heavy atom. The lowest BCUT2D eigenvalue weighted by Gasteiger charge is -2.18. The van der Waals surface area contributed by atoms with Crippen molar-refractivity contribution in [3.8, 4) is 5.75 Å². The highest BCUT2D eigenvalue weighted by atomic mass is 32.1. The average molecular weight is 301 g/mol. The van der Waals surface area contributed by atoms with Crippen molar-refractivity contribution in [2.75, 3.05) is 13.2 Å². The van der Waals surface area contributed by atoms with E-state index < -0.39 is 0 Å². The molecule has 0 saturated carbocycles. The summed E-state index contributed by atoms with van der Waals surface area (Å²) < 4.78 is 5.62. The molecule has 2 aromatic rings. The highest BCUT2D eigenvalue weighted by Gasteiger charge is 2.19. The Bertz CT molecular complexity index is 605. The quantitative estimate of drug-likeness (QED) is 0.857. The molecule has 1 aromatic heterocycles. The van der Waals surface area contributed by atoms with Gasteiger partial charge in [-0.15, -0.1) is 11.3 Å². The molecule has 1 atom stereocenters. The van der Waals surface area contributed by atoms with Gasteiger partial charge >= 0.3 is 0 Å². The van der Waals surface area contributed by atoms with Crippen molar-refractivity contribution >= 4 is 11.3 Å². The predicted octanol–water partition coefficient (Wildman–Crippen LogP) is 4.33. The van der Waals surface area contributed by atoms with E-state index in [1.807, 2.05) is 11.3 Å². The van der Waals surface area contributed by atoms with E-state index in [2.05, 4.69) is 49.5 Å². The summed E-state index contributed by atoms with van der Waals surface area (Å²) in [5.41, 5.74) is 2.71. The molecule has 0 spiro atoms. The number of fused-ring (bicyclic) bond motifs is 1. The number of hydrogen-bond acceptors (Lipinski definition) is 3. The van der Waals surface area contributed by atoms with Crippen molar-refractivity contribution in [1.82, 2.24) is 5.32 Å². The van der Waals surface area contributed by atoms with E-state index in [9.17, 15) is 0 Å². The summed E-state index contributed by atoms with van der Waals surface area (Å²) in [5.74, 6) is 1.06. The number of hydrogen-bond donors (Lipinski definition) is 1. The predicted molar refractivity (Wildman–Crippen MR) is 89.5 cm³/mol. The summed E-state index contributed by atoms with van der Waals surface area (Å²) in [5, 5.41) is 3.70. The van der Waals surface area contributed by atoms with Crippen LogP contribution in [0.15, 0.2) is 30.3 Å². The first kappa shape index (κ1) is 14.6. The zero-order valence-electron chi connectivity index (χ0n) is 12.8. The van der Waals surface area contributed by atoms with Gasteiger partial charge in [-0.3, -0.25) is 0 Å². The summed E-state index contributed by atoms with van der Waals surface area (Å²) in [4.78, 5) is 2.87. The van der Waals surface area contributed by atoms with Gasteiger partial charge in [0.1, 0.15) is 5.75 Å². The fraction of sp³-hybridized carbons (Fsp3) is 0.444. The third-order valence-electron chi connectivity index (χ3n) is 3.96. The standard InChI is InChI=1S/C18H23NOS/c1-3-10-19-18(17-8-6-15(4-2)21-17)14-5-7-16-13(12-14)9-11-20-16/h5-8,12,18-19H,3-4,9-11H2,1-2H3. The molecule has 0 bridgehead atoms. The number of benzene rings is 1. The SMILES string of the molecule is CCCNC(c1ccc2c(c1)CCO2)c1ccc(CC)s1. The Hall–Kier alpha value is -1.32. The first-order valence-corrected chi connectivity index (χ1v) is 8.71. The lowest BCUT2D eigenvalue weighted by atomic mass is 10.0. The van der Waals surface area contributed by atoms with Gasteiger partial charge in [-0.1, -0.05) is 26.0 Å². The van der Waals surface area contributed by atoms with Gasteiger partial charge in [-0.05, 0) is 48.7 Å². The van der Waals surface area contributed by atoms with Crippen LogP contribution >= 0.6 is 11.3 Å². The lowest BCUT2D eigenvalue weighted by molar-refractivity contribution is 0.357. The molecule has 0 radical (unpaired) electrons. The zero-order chi connectivity index (χ0) is 14.7. The molecule has 112 valence electrons. The summed E-state index contributed by atoms with van der Waals surface area (Å²) in [6.45, 7) is 6.30. The topological polar surface area (TPSA) is 21.3 Å². The maximum absolute atomic E-state index is 5.62. The maximum atomic E-state index is 5.62. The molecule has 3 heteroatoms. The molecule has 0 amide bonds. The fourth-order valence-corrected chi connectivity index (χ4v) is 3.85. The second-order valence-corrected chi connectivity index (χ2v) is 6.71. The van der Waals surface area contributed by atoms with Crippen LogP contribution in [0.2, 0.25) is 0 Å². The van der Waals surface area contributed by atoms with Crippen molar-refractivity contribution in [1.29, 1.82) is 0 Å². The second kappa shape index (κ2) is 6.63. The highest BCUT2D eigenvalue weighted by Crippen LogP contribution is 2.33. The summed E-state index contributed by atoms with van der Waals surface area (Å²) in [7, 11) is 0. The Kier molecular flexibility index (Phi) is 4.61. The summed E-state index contributed by atoms with van der Waals surface area (Å²) in [6.07, 6.45) is 3.30. The van der Waals surface area contributed by atoms with Crippen molar-refractivity contribution in [2.45, 2.75) is 39.2 Å². The van der Waals surface area contributed by atoms with Crippen LogP contribution in [0.5, 0.6) is 5.75 Å². The molecule has 2 heterocycles. The largest absolute Gasteiger partial charge is 0.493 e. The molecule has 3 rings (SSSR count). The second-order valence-electron chi connectivity index (χ2n) is 5.51. The van der Waals surface area contributed by atoms with E-state index in [0.717, 1.165) is 38.2 Å². The van der Waals surface area contributed by atoms with E-state index in [1.165, 1.54) is 20.9 Å². The van der Waals surface area contributed by atoms with Gasteiger partial charge in [-0.2, -0.15) is 0 Å². The third-order valence-corrected chi connectivity index (χ3v) is 5.26. The van der Waals surface area contributed by atoms with Gasteiger partial charge in [0.05, 0.1) is 12.6 Å². The van der Waals surface area contributed by atoms with E-state index in [1.54, 1.807) is 0 Å². The van der Waals surface area contributed by atoms with E-state index in [4.69, 9.17) is 4.74 Å². The lowest BCUT2D eigenvalue weighted by Crippen LogP contribution is -2.22. The molecule has 0 aliphatic carbocycles. The van der Waals surface area contributed by atoms with Gasteiger partial charge in [0.2, 0.25) is 0 Å². The van der Waals surface area contributed by atoms with Gasteiger partial charge in [0.15, 0.2) is 0 Å². The molecule has 21 heavy (non-hydrogen) atoms. The number of rotatable bonds is 6. The number of thiophene rings is 1. The van der Waals surface area contributed by atoms with E-state index in [-0.39, 0.29) is 0 Å². The number of aryl methyl sites for hydroxylation is 1. The maximum Gasteiger partial charge on any atom is 0.122 e. The Morgan fingerprint density at radius 3 is 2.90 bits per heavy atom. The minimum Gasteiger partial charge on any atom is -0.493 e. The molecule has 0 fully saturated rings. The van der Waals surface area contributed by atoms with Gasteiger partial charge in [0.25, 0.3) is 0 Å². The van der Waals surface area contributed by atoms with Gasteiger partial charge in [0, 0.05) is 16.2 Å². The Labute approximate surface area is 131 Å². The highest BCUT2D eigenvalue weighted by molar-refractivity contribution is 7.12. The van der Waals surface area contributed by atoms with Crippen molar-refractivity contribution in [3.63, 3.8) is 0 Å². The van der Waals surface area contributed by atoms with Crippen LogP contribution in [0.25, 0.3) is 0 Å². The fourth-order valence-electron chi connectivity index (χ4n) is 2.80. The Morgan fingerprint density at radius 1 is 1.24 bits per heavy atom. The van der Waals surface area contributed by atoms with Gasteiger partial charge in [-0.25, -0.2) is 0 Å². The number of nitrogens with one attached hydrogen (secondary N) is 1. The van der Waals surface area contributed by atoms with E-state index in [0.29, 0.717) is 6.04 Å². The first-order valence-electron chi connectivity index (χ1n) is 7.89. The minimum atomic E-state index is 0.307. The first-order chi connectivity index (χ1) is 10.3. The number of ether oxygens (including phenoxy) is 1. The molecule has 2 nitrogen and oxygen atoms in total. The average Bonchev–Trinajstić information content (AvgIpc) is 3.16. The van der Waals surface area contributed by atoms with Crippen LogP contribution in [-0.4, -0.2) is 13.2 Å². The van der Waals surface area contributed by atoms with E-state index >= 15 is 0 Å². The molecule has 1 aliphatic rings. The van der Waals surface area contributed by atoms with Crippen LogP contribution in [0.1, 0.15) is 47.2 Å².